The highest BCUT2D eigenvalue weighted by Crippen LogP contribution is 2.09. The molecule has 1 heterocycles. The van der Waals surface area contributed by atoms with Crippen molar-refractivity contribution >= 4 is 11.9 Å². The van der Waals surface area contributed by atoms with Crippen LogP contribution in [0.4, 0.5) is 0 Å². The summed E-state index contributed by atoms with van der Waals surface area (Å²) in [6, 6.07) is -0.0651. The Kier molecular flexibility index (Phi) is 6.07. The first-order valence-corrected chi connectivity index (χ1v) is 6.37. The van der Waals surface area contributed by atoms with Crippen LogP contribution in [0.1, 0.15) is 26.7 Å². The molecule has 0 aromatic heterocycles. The lowest BCUT2D eigenvalue weighted by molar-refractivity contribution is -0.146. The zero-order chi connectivity index (χ0) is 13.5. The van der Waals surface area contributed by atoms with Gasteiger partial charge in [-0.05, 0) is 13.3 Å². The number of carbonyl (C=O) groups excluding carboxylic acids is 1. The van der Waals surface area contributed by atoms with Gasteiger partial charge in [0.2, 0.25) is 5.91 Å². The average molecular weight is 258 g/mol. The summed E-state index contributed by atoms with van der Waals surface area (Å²) >= 11 is 0. The number of carboxylic acid groups (broad SMARTS) is 1. The molecule has 0 aliphatic carbocycles. The fourth-order valence-electron chi connectivity index (χ4n) is 1.93. The lowest BCUT2D eigenvalue weighted by atomic mass is 10.1. The van der Waals surface area contributed by atoms with E-state index in [0.717, 1.165) is 13.0 Å². The molecule has 1 amide bonds. The maximum Gasteiger partial charge on any atom is 0.323 e. The van der Waals surface area contributed by atoms with Crippen molar-refractivity contribution < 1.29 is 19.4 Å². The van der Waals surface area contributed by atoms with Crippen LogP contribution >= 0.6 is 0 Å². The molecular formula is C12H22N2O4. The molecule has 1 saturated heterocycles. The topological polar surface area (TPSA) is 78.9 Å². The molecular weight excluding hydrogens is 236 g/mol. The quantitative estimate of drug-likeness (QED) is 0.705. The van der Waals surface area contributed by atoms with E-state index in [4.69, 9.17) is 9.84 Å². The molecule has 2 unspecified atom stereocenters. The highest BCUT2D eigenvalue weighted by atomic mass is 16.5. The number of carbonyl (C=O) groups is 2. The van der Waals surface area contributed by atoms with Gasteiger partial charge in [0, 0.05) is 25.0 Å². The second-order valence-electron chi connectivity index (χ2n) is 4.60. The number of ether oxygens (including phenoxy) is 1. The monoisotopic (exact) mass is 258 g/mol. The number of nitrogens with one attached hydrogen (secondary N) is 1. The Morgan fingerprint density at radius 2 is 2.28 bits per heavy atom. The number of hydrogen-bond acceptors (Lipinski definition) is 4. The van der Waals surface area contributed by atoms with Gasteiger partial charge in [0.15, 0.2) is 0 Å². The molecule has 1 rings (SSSR count). The molecule has 2 atom stereocenters. The number of rotatable bonds is 6. The van der Waals surface area contributed by atoms with Crippen LogP contribution in [0.5, 0.6) is 0 Å². The molecule has 0 aromatic carbocycles. The third-order valence-corrected chi connectivity index (χ3v) is 3.17. The average Bonchev–Trinajstić information content (AvgIpc) is 2.36. The van der Waals surface area contributed by atoms with Crippen LogP contribution in [-0.4, -0.2) is 60.3 Å². The SMILES string of the molecule is CCC(C)N(CC(=O)O)C(=O)CC1COCCN1. The van der Waals surface area contributed by atoms with Gasteiger partial charge in [0.25, 0.3) is 0 Å². The number of nitrogens with zero attached hydrogens (tertiary/aromatic N) is 1. The third kappa shape index (κ3) is 4.62. The summed E-state index contributed by atoms with van der Waals surface area (Å²) in [7, 11) is 0. The van der Waals surface area contributed by atoms with E-state index in [9.17, 15) is 9.59 Å². The van der Waals surface area contributed by atoms with Gasteiger partial charge in [-0.15, -0.1) is 0 Å². The second kappa shape index (κ2) is 7.33. The fourth-order valence-corrected chi connectivity index (χ4v) is 1.93. The Bertz CT molecular complexity index is 290. The van der Waals surface area contributed by atoms with E-state index in [-0.39, 0.29) is 31.0 Å². The van der Waals surface area contributed by atoms with E-state index in [1.807, 2.05) is 13.8 Å². The minimum atomic E-state index is -0.975. The zero-order valence-corrected chi connectivity index (χ0v) is 11.0. The number of amides is 1. The van der Waals surface area contributed by atoms with Gasteiger partial charge in [0.1, 0.15) is 6.54 Å². The van der Waals surface area contributed by atoms with Gasteiger partial charge < -0.3 is 20.1 Å². The van der Waals surface area contributed by atoms with Crippen molar-refractivity contribution in [2.24, 2.45) is 0 Å². The van der Waals surface area contributed by atoms with Gasteiger partial charge in [-0.2, -0.15) is 0 Å². The van der Waals surface area contributed by atoms with Crippen molar-refractivity contribution in [1.82, 2.24) is 10.2 Å². The van der Waals surface area contributed by atoms with Gasteiger partial charge in [-0.25, -0.2) is 0 Å². The molecule has 0 aromatic rings. The first-order chi connectivity index (χ1) is 8.54. The minimum absolute atomic E-state index is 0.00778. The smallest absolute Gasteiger partial charge is 0.323 e. The molecule has 1 aliphatic heterocycles. The Morgan fingerprint density at radius 3 is 2.78 bits per heavy atom. The Morgan fingerprint density at radius 1 is 1.56 bits per heavy atom. The summed E-state index contributed by atoms with van der Waals surface area (Å²) in [6.45, 7) is 5.48. The van der Waals surface area contributed by atoms with E-state index in [1.165, 1.54) is 4.90 Å². The van der Waals surface area contributed by atoms with Crippen molar-refractivity contribution in [2.45, 2.75) is 38.8 Å². The molecule has 2 N–H and O–H groups in total. The van der Waals surface area contributed by atoms with E-state index in [0.29, 0.717) is 13.2 Å². The predicted molar refractivity (Wildman–Crippen MR) is 66.3 cm³/mol. The van der Waals surface area contributed by atoms with Crippen LogP contribution in [0.15, 0.2) is 0 Å². The number of aliphatic carboxylic acids is 1. The number of carboxylic acids is 1. The third-order valence-electron chi connectivity index (χ3n) is 3.17. The van der Waals surface area contributed by atoms with Gasteiger partial charge in [0.05, 0.1) is 13.2 Å². The summed E-state index contributed by atoms with van der Waals surface area (Å²) in [5, 5.41) is 12.0. The minimum Gasteiger partial charge on any atom is -0.480 e. The predicted octanol–water partition coefficient (Wildman–Crippen LogP) is 0.0766. The van der Waals surface area contributed by atoms with Crippen LogP contribution in [-0.2, 0) is 14.3 Å². The molecule has 0 spiro atoms. The number of hydrogen-bond donors (Lipinski definition) is 2. The van der Waals surface area contributed by atoms with Crippen LogP contribution in [0, 0.1) is 0 Å². The van der Waals surface area contributed by atoms with E-state index >= 15 is 0 Å². The second-order valence-corrected chi connectivity index (χ2v) is 4.60. The summed E-state index contributed by atoms with van der Waals surface area (Å²) < 4.78 is 5.28. The molecule has 6 heteroatoms. The Labute approximate surface area is 107 Å². The summed E-state index contributed by atoms with van der Waals surface area (Å²) in [5.41, 5.74) is 0. The molecule has 104 valence electrons. The van der Waals surface area contributed by atoms with Gasteiger partial charge >= 0.3 is 5.97 Å². The molecule has 1 aliphatic rings. The van der Waals surface area contributed by atoms with E-state index < -0.39 is 5.97 Å². The molecule has 0 bridgehead atoms. The summed E-state index contributed by atoms with van der Waals surface area (Å²) in [6.07, 6.45) is 1.03. The standard InChI is InChI=1S/C12H22N2O4/c1-3-9(2)14(7-12(16)17)11(15)6-10-8-18-5-4-13-10/h9-10,13H,3-8H2,1-2H3,(H,16,17). The van der Waals surface area contributed by atoms with Gasteiger partial charge in [-0.1, -0.05) is 6.92 Å². The molecule has 6 nitrogen and oxygen atoms in total. The van der Waals surface area contributed by atoms with E-state index in [1.54, 1.807) is 0 Å². The maximum absolute atomic E-state index is 12.1. The van der Waals surface area contributed by atoms with Crippen molar-refractivity contribution in [3.05, 3.63) is 0 Å². The van der Waals surface area contributed by atoms with Gasteiger partial charge in [-0.3, -0.25) is 9.59 Å². The molecule has 0 radical (unpaired) electrons. The summed E-state index contributed by atoms with van der Waals surface area (Å²) in [4.78, 5) is 24.3. The van der Waals surface area contributed by atoms with Crippen molar-refractivity contribution in [3.63, 3.8) is 0 Å². The number of morpholine rings is 1. The normalized spacial score (nSPS) is 21.3. The fraction of sp³-hybridized carbons (Fsp3) is 0.833. The highest BCUT2D eigenvalue weighted by Gasteiger charge is 2.25. The largest absolute Gasteiger partial charge is 0.480 e. The Hall–Kier alpha value is -1.14. The lowest BCUT2D eigenvalue weighted by Gasteiger charge is -2.30. The summed E-state index contributed by atoms with van der Waals surface area (Å²) in [5.74, 6) is -1.11. The van der Waals surface area contributed by atoms with Crippen molar-refractivity contribution in [1.29, 1.82) is 0 Å². The maximum atomic E-state index is 12.1. The highest BCUT2D eigenvalue weighted by molar-refractivity contribution is 5.82. The molecule has 1 fully saturated rings. The van der Waals surface area contributed by atoms with Crippen LogP contribution in [0.2, 0.25) is 0 Å². The van der Waals surface area contributed by atoms with Crippen LogP contribution < -0.4 is 5.32 Å². The molecule has 0 saturated carbocycles. The van der Waals surface area contributed by atoms with Crippen molar-refractivity contribution in [2.75, 3.05) is 26.3 Å². The first-order valence-electron chi connectivity index (χ1n) is 6.37. The van der Waals surface area contributed by atoms with E-state index in [2.05, 4.69) is 5.32 Å². The molecule has 18 heavy (non-hydrogen) atoms. The zero-order valence-electron chi connectivity index (χ0n) is 11.0. The van der Waals surface area contributed by atoms with Crippen molar-refractivity contribution in [3.8, 4) is 0 Å². The first kappa shape index (κ1) is 14.9. The lowest BCUT2D eigenvalue weighted by Crippen LogP contribution is -2.48. The Balaban J connectivity index is 2.54. The van der Waals surface area contributed by atoms with Crippen LogP contribution in [0.3, 0.4) is 0 Å². The van der Waals surface area contributed by atoms with Crippen LogP contribution in [0.25, 0.3) is 0 Å².